The summed E-state index contributed by atoms with van der Waals surface area (Å²) in [5.74, 6) is 1.43. The van der Waals surface area contributed by atoms with Gasteiger partial charge in [-0.25, -0.2) is 4.98 Å². The van der Waals surface area contributed by atoms with Crippen LogP contribution in [0.1, 0.15) is 0 Å². The lowest BCUT2D eigenvalue weighted by Crippen LogP contribution is -2.48. The number of nitrogens with zero attached hydrogens (tertiary/aromatic N) is 3. The number of ether oxygens (including phenoxy) is 1. The molecule has 1 aromatic heterocycles. The van der Waals surface area contributed by atoms with Crippen molar-refractivity contribution in [3.63, 3.8) is 0 Å². The molecule has 0 saturated carbocycles. The molecule has 1 aliphatic rings. The lowest BCUT2D eigenvalue weighted by atomic mass is 10.2. The number of aliphatic hydroxyl groups is 1. The van der Waals surface area contributed by atoms with Gasteiger partial charge in [0.1, 0.15) is 5.82 Å². The largest absolute Gasteiger partial charge is 0.394 e. The molecule has 1 unspecified atom stereocenters. The summed E-state index contributed by atoms with van der Waals surface area (Å²) in [6.07, 6.45) is 0. The number of benzene rings is 1. The average Bonchev–Trinajstić information content (AvgIpc) is 2.53. The van der Waals surface area contributed by atoms with Crippen molar-refractivity contribution < 1.29 is 9.84 Å². The van der Waals surface area contributed by atoms with Crippen LogP contribution in [0.4, 0.5) is 11.8 Å². The molecule has 1 fully saturated rings. The molecule has 6 heteroatoms. The van der Waals surface area contributed by atoms with E-state index >= 15 is 0 Å². The van der Waals surface area contributed by atoms with Crippen molar-refractivity contribution in [3.8, 4) is 0 Å². The third-order valence-corrected chi connectivity index (χ3v) is 3.52. The van der Waals surface area contributed by atoms with E-state index in [1.165, 1.54) is 0 Å². The number of anilines is 2. The maximum absolute atomic E-state index is 9.54. The van der Waals surface area contributed by atoms with Gasteiger partial charge in [-0.05, 0) is 12.1 Å². The van der Waals surface area contributed by atoms with Crippen molar-refractivity contribution in [1.29, 1.82) is 0 Å². The molecule has 20 heavy (non-hydrogen) atoms. The van der Waals surface area contributed by atoms with Gasteiger partial charge >= 0.3 is 0 Å². The quantitative estimate of drug-likeness (QED) is 0.865. The summed E-state index contributed by atoms with van der Waals surface area (Å²) in [5.41, 5.74) is 0.894. The Morgan fingerprint density at radius 1 is 1.40 bits per heavy atom. The second kappa shape index (κ2) is 5.60. The predicted molar refractivity (Wildman–Crippen MR) is 78.1 cm³/mol. The first kappa shape index (κ1) is 13.1. The fraction of sp³-hybridized carbons (Fsp3) is 0.429. The summed E-state index contributed by atoms with van der Waals surface area (Å²) in [6, 6.07) is 7.85. The van der Waals surface area contributed by atoms with Gasteiger partial charge in [-0.3, -0.25) is 0 Å². The van der Waals surface area contributed by atoms with Crippen LogP contribution < -0.4 is 10.2 Å². The summed E-state index contributed by atoms with van der Waals surface area (Å²) in [7, 11) is 1.80. The van der Waals surface area contributed by atoms with Gasteiger partial charge in [0.15, 0.2) is 0 Å². The molecular weight excluding hydrogens is 256 g/mol. The Morgan fingerprint density at radius 2 is 2.25 bits per heavy atom. The lowest BCUT2D eigenvalue weighted by Gasteiger charge is -2.36. The van der Waals surface area contributed by atoms with Crippen LogP contribution in [0.5, 0.6) is 0 Å². The van der Waals surface area contributed by atoms with E-state index < -0.39 is 0 Å². The first-order valence-corrected chi connectivity index (χ1v) is 6.73. The van der Waals surface area contributed by atoms with Crippen molar-refractivity contribution in [1.82, 2.24) is 9.97 Å². The number of aliphatic hydroxyl groups excluding tert-OH is 1. The monoisotopic (exact) mass is 274 g/mol. The molecule has 1 aromatic carbocycles. The van der Waals surface area contributed by atoms with Crippen molar-refractivity contribution >= 4 is 22.7 Å². The zero-order valence-electron chi connectivity index (χ0n) is 11.4. The lowest BCUT2D eigenvalue weighted by molar-refractivity contribution is 0.0724. The molecule has 1 aliphatic heterocycles. The van der Waals surface area contributed by atoms with E-state index in [1.54, 1.807) is 7.05 Å². The standard InChI is InChI=1S/C14H18N4O2/c1-15-14-16-12-5-3-2-4-11(12)13(17-14)18-6-7-20-9-10(18)8-19/h2-5,10,19H,6-9H2,1H3,(H,15,16,17). The van der Waals surface area contributed by atoms with Gasteiger partial charge in [-0.1, -0.05) is 12.1 Å². The Labute approximate surface area is 117 Å². The normalized spacial score (nSPS) is 19.3. The van der Waals surface area contributed by atoms with Gasteiger partial charge < -0.3 is 20.1 Å². The minimum absolute atomic E-state index is 0.0488. The van der Waals surface area contributed by atoms with Crippen LogP contribution >= 0.6 is 0 Å². The van der Waals surface area contributed by atoms with Gasteiger partial charge in [0.25, 0.3) is 0 Å². The third kappa shape index (κ3) is 2.28. The van der Waals surface area contributed by atoms with Gasteiger partial charge in [0.05, 0.1) is 31.4 Å². The highest BCUT2D eigenvalue weighted by molar-refractivity contribution is 5.90. The molecule has 0 aliphatic carbocycles. The molecule has 1 saturated heterocycles. The van der Waals surface area contributed by atoms with E-state index in [4.69, 9.17) is 4.74 Å². The van der Waals surface area contributed by atoms with Crippen LogP contribution in [0.3, 0.4) is 0 Å². The zero-order chi connectivity index (χ0) is 13.9. The van der Waals surface area contributed by atoms with E-state index in [1.807, 2.05) is 24.3 Å². The number of nitrogens with one attached hydrogen (secondary N) is 1. The fourth-order valence-corrected chi connectivity index (χ4v) is 2.48. The molecule has 3 rings (SSSR count). The first-order valence-electron chi connectivity index (χ1n) is 6.73. The highest BCUT2D eigenvalue weighted by atomic mass is 16.5. The highest BCUT2D eigenvalue weighted by Gasteiger charge is 2.25. The molecule has 0 amide bonds. The maximum atomic E-state index is 9.54. The number of fused-ring (bicyclic) bond motifs is 1. The summed E-state index contributed by atoms with van der Waals surface area (Å²) in [5, 5.41) is 13.5. The summed E-state index contributed by atoms with van der Waals surface area (Å²) in [4.78, 5) is 11.1. The Hall–Kier alpha value is -1.92. The van der Waals surface area contributed by atoms with Gasteiger partial charge in [-0.2, -0.15) is 4.98 Å². The number of morpholine rings is 1. The van der Waals surface area contributed by atoms with Crippen molar-refractivity contribution in [2.45, 2.75) is 6.04 Å². The number of hydrogen-bond acceptors (Lipinski definition) is 6. The Bertz CT molecular complexity index is 605. The van der Waals surface area contributed by atoms with Crippen LogP contribution in [0.15, 0.2) is 24.3 Å². The molecule has 2 aromatic rings. The summed E-state index contributed by atoms with van der Waals surface area (Å²) in [6.45, 7) is 1.93. The van der Waals surface area contributed by atoms with Crippen LogP contribution in [0.2, 0.25) is 0 Å². The Balaban J connectivity index is 2.13. The fourth-order valence-electron chi connectivity index (χ4n) is 2.48. The molecule has 0 bridgehead atoms. The summed E-state index contributed by atoms with van der Waals surface area (Å²) < 4.78 is 5.43. The SMILES string of the molecule is CNc1nc(N2CCOCC2CO)c2ccccc2n1. The predicted octanol–water partition coefficient (Wildman–Crippen LogP) is 0.869. The van der Waals surface area contributed by atoms with Gasteiger partial charge in [0.2, 0.25) is 5.95 Å². The van der Waals surface area contributed by atoms with Crippen LogP contribution in [-0.4, -0.2) is 54.5 Å². The number of aromatic nitrogens is 2. The van der Waals surface area contributed by atoms with E-state index in [9.17, 15) is 5.11 Å². The molecule has 106 valence electrons. The van der Waals surface area contributed by atoms with Crippen molar-refractivity contribution in [2.75, 3.05) is 43.6 Å². The van der Waals surface area contributed by atoms with Gasteiger partial charge in [0, 0.05) is 19.0 Å². The molecule has 0 spiro atoms. The van der Waals surface area contributed by atoms with Crippen LogP contribution in [0.25, 0.3) is 10.9 Å². The smallest absolute Gasteiger partial charge is 0.224 e. The second-order valence-corrected chi connectivity index (χ2v) is 4.74. The van der Waals surface area contributed by atoms with E-state index in [0.717, 1.165) is 23.3 Å². The highest BCUT2D eigenvalue weighted by Crippen LogP contribution is 2.27. The molecule has 6 nitrogen and oxygen atoms in total. The number of hydrogen-bond donors (Lipinski definition) is 2. The molecule has 2 heterocycles. The molecular formula is C14H18N4O2. The van der Waals surface area contributed by atoms with Gasteiger partial charge in [-0.15, -0.1) is 0 Å². The molecule has 0 radical (unpaired) electrons. The topological polar surface area (TPSA) is 70.5 Å². The van der Waals surface area contributed by atoms with E-state index in [0.29, 0.717) is 19.2 Å². The first-order chi connectivity index (χ1) is 9.83. The average molecular weight is 274 g/mol. The van der Waals surface area contributed by atoms with E-state index in [2.05, 4.69) is 20.2 Å². The minimum Gasteiger partial charge on any atom is -0.394 e. The van der Waals surface area contributed by atoms with Crippen LogP contribution in [-0.2, 0) is 4.74 Å². The molecule has 1 atom stereocenters. The van der Waals surface area contributed by atoms with Crippen molar-refractivity contribution in [2.24, 2.45) is 0 Å². The second-order valence-electron chi connectivity index (χ2n) is 4.74. The Kier molecular flexibility index (Phi) is 3.66. The Morgan fingerprint density at radius 3 is 3.05 bits per heavy atom. The summed E-state index contributed by atoms with van der Waals surface area (Å²) >= 11 is 0. The zero-order valence-corrected chi connectivity index (χ0v) is 11.4. The molecule has 2 N–H and O–H groups in total. The number of rotatable bonds is 3. The van der Waals surface area contributed by atoms with Crippen LogP contribution in [0, 0.1) is 0 Å². The van der Waals surface area contributed by atoms with E-state index in [-0.39, 0.29) is 12.6 Å². The minimum atomic E-state index is -0.0632. The van der Waals surface area contributed by atoms with Crippen molar-refractivity contribution in [3.05, 3.63) is 24.3 Å². The maximum Gasteiger partial charge on any atom is 0.224 e. The third-order valence-electron chi connectivity index (χ3n) is 3.52. The number of para-hydroxylation sites is 1.